The number of amides is 2. The van der Waals surface area contributed by atoms with Crippen LogP contribution in [0.4, 0.5) is 5.69 Å². The average molecular weight is 488 g/mol. The van der Waals surface area contributed by atoms with Gasteiger partial charge >= 0.3 is 0 Å². The molecular formula is C25H34BrN3O2. The van der Waals surface area contributed by atoms with E-state index in [0.29, 0.717) is 10.7 Å². The van der Waals surface area contributed by atoms with E-state index in [1.165, 1.54) is 37.7 Å². The third kappa shape index (κ3) is 4.70. The number of alkyl halides is 1. The van der Waals surface area contributed by atoms with Crippen LogP contribution in [0, 0.1) is 23.2 Å². The second-order valence-electron chi connectivity index (χ2n) is 11.0. The van der Waals surface area contributed by atoms with Crippen molar-refractivity contribution in [3.8, 4) is 0 Å². The topological polar surface area (TPSA) is 75.4 Å². The van der Waals surface area contributed by atoms with Gasteiger partial charge in [0.1, 0.15) is 0 Å². The molecule has 3 N–H and O–H groups in total. The van der Waals surface area contributed by atoms with Crippen LogP contribution in [0.1, 0.15) is 63.4 Å². The standard InChI is InChI=1S/C25H34BrN3O2/c26-25-11-18-8-19(12-25)10-24(9-18,16-25)13-22(30)28-21-5-3-17(4-6-21)14-29-7-1-2-20(15-29)23(27)31/h3-6,18-20H,1-2,7-16H2,(H2,27,31)(H,28,30). The molecule has 1 aromatic rings. The molecule has 3 unspecified atom stereocenters. The van der Waals surface area contributed by atoms with Crippen molar-refractivity contribution in [1.29, 1.82) is 0 Å². The molecule has 0 aromatic heterocycles. The average Bonchev–Trinajstić information content (AvgIpc) is 2.67. The highest BCUT2D eigenvalue weighted by Crippen LogP contribution is 2.65. The molecule has 1 aliphatic heterocycles. The molecular weight excluding hydrogens is 454 g/mol. The van der Waals surface area contributed by atoms with Crippen molar-refractivity contribution in [2.24, 2.45) is 28.9 Å². The van der Waals surface area contributed by atoms with Crippen LogP contribution in [0.2, 0.25) is 0 Å². The minimum absolute atomic E-state index is 0.0319. The number of hydrogen-bond donors (Lipinski definition) is 2. The summed E-state index contributed by atoms with van der Waals surface area (Å²) in [6, 6.07) is 8.19. The monoisotopic (exact) mass is 487 g/mol. The summed E-state index contributed by atoms with van der Waals surface area (Å²) in [5, 5.41) is 3.15. The summed E-state index contributed by atoms with van der Waals surface area (Å²) in [7, 11) is 0. The minimum Gasteiger partial charge on any atom is -0.369 e. The molecule has 2 amide bonds. The number of carbonyl (C=O) groups is 2. The van der Waals surface area contributed by atoms with Crippen molar-refractivity contribution in [3.05, 3.63) is 29.8 Å². The fourth-order valence-corrected chi connectivity index (χ4v) is 8.98. The quantitative estimate of drug-likeness (QED) is 0.582. The molecule has 4 aliphatic carbocycles. The predicted molar refractivity (Wildman–Crippen MR) is 126 cm³/mol. The molecule has 1 saturated heterocycles. The molecule has 168 valence electrons. The Hall–Kier alpha value is -1.40. The second-order valence-corrected chi connectivity index (χ2v) is 12.7. The zero-order valence-corrected chi connectivity index (χ0v) is 19.8. The normalized spacial score (nSPS) is 37.0. The van der Waals surface area contributed by atoms with Crippen LogP contribution in [0.5, 0.6) is 0 Å². The highest BCUT2D eigenvalue weighted by molar-refractivity contribution is 9.10. The Morgan fingerprint density at radius 2 is 1.84 bits per heavy atom. The molecule has 4 bridgehead atoms. The molecule has 5 aliphatic rings. The van der Waals surface area contributed by atoms with E-state index >= 15 is 0 Å². The van der Waals surface area contributed by atoms with Gasteiger partial charge in [-0.2, -0.15) is 0 Å². The van der Waals surface area contributed by atoms with Crippen molar-refractivity contribution < 1.29 is 9.59 Å². The van der Waals surface area contributed by atoms with Crippen LogP contribution in [-0.2, 0) is 16.1 Å². The van der Waals surface area contributed by atoms with E-state index in [-0.39, 0.29) is 23.1 Å². The number of hydrogen-bond acceptors (Lipinski definition) is 3. The number of anilines is 1. The predicted octanol–water partition coefficient (Wildman–Crippen LogP) is 4.45. The van der Waals surface area contributed by atoms with Crippen molar-refractivity contribution >= 4 is 33.4 Å². The highest BCUT2D eigenvalue weighted by atomic mass is 79.9. The lowest BCUT2D eigenvalue weighted by Crippen LogP contribution is -2.53. The maximum atomic E-state index is 12.9. The molecule has 6 rings (SSSR count). The summed E-state index contributed by atoms with van der Waals surface area (Å²) in [6.45, 7) is 2.56. The Morgan fingerprint density at radius 1 is 1.13 bits per heavy atom. The van der Waals surface area contributed by atoms with E-state index in [2.05, 4.69) is 38.3 Å². The Bertz CT molecular complexity index is 841. The Kier molecular flexibility index (Phi) is 5.66. The van der Waals surface area contributed by atoms with Gasteiger partial charge < -0.3 is 11.1 Å². The van der Waals surface area contributed by atoms with Crippen molar-refractivity contribution in [2.75, 3.05) is 18.4 Å². The largest absolute Gasteiger partial charge is 0.369 e. The van der Waals surface area contributed by atoms with Gasteiger partial charge in [-0.3, -0.25) is 14.5 Å². The van der Waals surface area contributed by atoms with E-state index in [4.69, 9.17) is 5.73 Å². The Balaban J connectivity index is 1.16. The number of halogens is 1. The van der Waals surface area contributed by atoms with Crippen LogP contribution >= 0.6 is 15.9 Å². The van der Waals surface area contributed by atoms with Crippen LogP contribution in [0.15, 0.2) is 24.3 Å². The summed E-state index contributed by atoms with van der Waals surface area (Å²) in [4.78, 5) is 26.7. The van der Waals surface area contributed by atoms with Crippen molar-refractivity contribution in [2.45, 2.75) is 68.7 Å². The molecule has 31 heavy (non-hydrogen) atoms. The molecule has 1 aromatic carbocycles. The zero-order chi connectivity index (χ0) is 21.6. The van der Waals surface area contributed by atoms with Gasteiger partial charge in [0, 0.05) is 29.5 Å². The van der Waals surface area contributed by atoms with E-state index in [1.54, 1.807) is 0 Å². The van der Waals surface area contributed by atoms with Crippen molar-refractivity contribution in [3.63, 3.8) is 0 Å². The lowest BCUT2D eigenvalue weighted by atomic mass is 9.48. The number of benzene rings is 1. The molecule has 5 fully saturated rings. The molecule has 0 spiro atoms. The van der Waals surface area contributed by atoms with Gasteiger partial charge in [0.25, 0.3) is 0 Å². The zero-order valence-electron chi connectivity index (χ0n) is 18.2. The van der Waals surface area contributed by atoms with Gasteiger partial charge in [-0.1, -0.05) is 28.1 Å². The minimum atomic E-state index is -0.187. The van der Waals surface area contributed by atoms with Gasteiger partial charge in [0.15, 0.2) is 0 Å². The summed E-state index contributed by atoms with van der Waals surface area (Å²) >= 11 is 4.05. The molecule has 1 heterocycles. The number of nitrogens with zero attached hydrogens (tertiary/aromatic N) is 1. The van der Waals surface area contributed by atoms with E-state index in [0.717, 1.165) is 56.4 Å². The first-order chi connectivity index (χ1) is 14.8. The maximum Gasteiger partial charge on any atom is 0.224 e. The lowest BCUT2D eigenvalue weighted by molar-refractivity contribution is -0.124. The van der Waals surface area contributed by atoms with Crippen LogP contribution in [0.25, 0.3) is 0 Å². The highest BCUT2D eigenvalue weighted by Gasteiger charge is 2.57. The number of rotatable bonds is 6. The van der Waals surface area contributed by atoms with Gasteiger partial charge in [-0.25, -0.2) is 0 Å². The summed E-state index contributed by atoms with van der Waals surface area (Å²) in [6.07, 6.45) is 10.1. The van der Waals surface area contributed by atoms with Gasteiger partial charge in [-0.05, 0) is 92.9 Å². The maximum absolute atomic E-state index is 12.9. The molecule has 5 nitrogen and oxygen atoms in total. The number of carbonyl (C=O) groups excluding carboxylic acids is 2. The molecule has 6 heteroatoms. The summed E-state index contributed by atoms with van der Waals surface area (Å²) in [5.74, 6) is 1.54. The lowest BCUT2D eigenvalue weighted by Gasteiger charge is -2.60. The Morgan fingerprint density at radius 3 is 2.48 bits per heavy atom. The first-order valence-corrected chi connectivity index (χ1v) is 12.7. The first-order valence-electron chi connectivity index (χ1n) is 11.9. The summed E-state index contributed by atoms with van der Waals surface area (Å²) < 4.78 is 0.293. The smallest absolute Gasteiger partial charge is 0.224 e. The van der Waals surface area contributed by atoms with Crippen LogP contribution < -0.4 is 11.1 Å². The number of primary amides is 1. The number of likely N-dealkylation sites (tertiary alicyclic amines) is 1. The third-order valence-electron chi connectivity index (χ3n) is 8.20. The number of nitrogens with one attached hydrogen (secondary N) is 1. The Labute approximate surface area is 193 Å². The fraction of sp³-hybridized carbons (Fsp3) is 0.680. The second kappa shape index (κ2) is 8.18. The number of piperidine rings is 1. The van der Waals surface area contributed by atoms with Gasteiger partial charge in [-0.15, -0.1) is 0 Å². The van der Waals surface area contributed by atoms with E-state index < -0.39 is 0 Å². The fourth-order valence-electron chi connectivity index (χ4n) is 7.47. The van der Waals surface area contributed by atoms with Crippen LogP contribution in [-0.4, -0.2) is 34.1 Å². The molecule has 4 saturated carbocycles. The van der Waals surface area contributed by atoms with Crippen LogP contribution in [0.3, 0.4) is 0 Å². The third-order valence-corrected chi connectivity index (χ3v) is 9.13. The van der Waals surface area contributed by atoms with Gasteiger partial charge in [0.05, 0.1) is 5.92 Å². The SMILES string of the molecule is NC(=O)C1CCCN(Cc2ccc(NC(=O)CC34CC5CC(CC(Br)(C5)C3)C4)cc2)C1. The van der Waals surface area contributed by atoms with Crippen molar-refractivity contribution in [1.82, 2.24) is 4.90 Å². The van der Waals surface area contributed by atoms with E-state index in [1.807, 2.05) is 12.1 Å². The molecule has 3 atom stereocenters. The first kappa shape index (κ1) is 21.4. The molecule has 0 radical (unpaired) electrons. The van der Waals surface area contributed by atoms with Gasteiger partial charge in [0.2, 0.25) is 11.8 Å². The summed E-state index contributed by atoms with van der Waals surface area (Å²) in [5.41, 5.74) is 7.77. The number of nitrogens with two attached hydrogens (primary N) is 1. The van der Waals surface area contributed by atoms with E-state index in [9.17, 15) is 9.59 Å².